The van der Waals surface area contributed by atoms with Crippen LogP contribution in [0.15, 0.2) is 59.5 Å². The number of aryl methyl sites for hydroxylation is 1. The van der Waals surface area contributed by atoms with Gasteiger partial charge in [-0.25, -0.2) is 14.9 Å². The van der Waals surface area contributed by atoms with Crippen LogP contribution in [0.1, 0.15) is 5.69 Å². The summed E-state index contributed by atoms with van der Waals surface area (Å²) in [6, 6.07) is 15.1. The Bertz CT molecular complexity index is 1580. The zero-order valence-electron chi connectivity index (χ0n) is 16.5. The van der Waals surface area contributed by atoms with E-state index in [9.17, 15) is 9.90 Å². The third-order valence-corrected chi connectivity index (χ3v) is 5.34. The van der Waals surface area contributed by atoms with E-state index in [1.54, 1.807) is 23.0 Å². The van der Waals surface area contributed by atoms with Crippen LogP contribution in [-0.2, 0) is 13.7 Å². The Hall–Kier alpha value is -4.35. The lowest BCUT2D eigenvalue weighted by Gasteiger charge is -2.11. The normalized spacial score (nSPS) is 11.1. The largest absolute Gasteiger partial charge is 0.390 e. The first-order valence-corrected chi connectivity index (χ1v) is 9.53. The predicted octanol–water partition coefficient (Wildman–Crippen LogP) is 3.58. The summed E-state index contributed by atoms with van der Waals surface area (Å²) in [4.78, 5) is 20.5. The van der Waals surface area contributed by atoms with Gasteiger partial charge < -0.3 is 5.11 Å². The minimum atomic E-state index is -0.373. The quantitative estimate of drug-likeness (QED) is 0.445. The zero-order valence-corrected chi connectivity index (χ0v) is 16.5. The molecule has 2 N–H and O–H groups in total. The lowest BCUT2D eigenvalue weighted by Crippen LogP contribution is -2.12. The number of aromatic amines is 1. The number of pyridine rings is 1. The van der Waals surface area contributed by atoms with E-state index >= 15 is 0 Å². The number of aromatic nitrogens is 5. The molecule has 3 aromatic heterocycles. The van der Waals surface area contributed by atoms with Crippen LogP contribution in [-0.4, -0.2) is 30.1 Å². The van der Waals surface area contributed by atoms with Gasteiger partial charge in [0.15, 0.2) is 0 Å². The minimum Gasteiger partial charge on any atom is -0.390 e. The van der Waals surface area contributed by atoms with E-state index < -0.39 is 0 Å². The Morgan fingerprint density at radius 1 is 1.10 bits per heavy atom. The highest BCUT2D eigenvalue weighted by Crippen LogP contribution is 2.41. The molecule has 0 saturated heterocycles. The molecule has 0 aliphatic rings. The zero-order chi connectivity index (χ0) is 21.5. The molecule has 5 rings (SSSR count). The maximum atomic E-state index is 12.1. The molecule has 3 heterocycles. The number of benzene rings is 2. The van der Waals surface area contributed by atoms with E-state index in [0.29, 0.717) is 27.8 Å². The van der Waals surface area contributed by atoms with E-state index in [2.05, 4.69) is 25.1 Å². The van der Waals surface area contributed by atoms with Crippen molar-refractivity contribution in [3.63, 3.8) is 0 Å². The van der Waals surface area contributed by atoms with Crippen molar-refractivity contribution >= 4 is 27.4 Å². The molecule has 0 radical (unpaired) electrons. The molecule has 8 nitrogen and oxygen atoms in total. The molecule has 0 saturated carbocycles. The van der Waals surface area contributed by atoms with Crippen molar-refractivity contribution in [3.05, 3.63) is 82.2 Å². The SMILES string of the molecule is [C-]#[N+]c1c(-c2c(-c3ccc4c(=O)[nH]nc(CO)c4n3)cnn2C)ccc2ccccc12. The molecule has 0 bridgehead atoms. The van der Waals surface area contributed by atoms with Crippen molar-refractivity contribution < 1.29 is 5.11 Å². The maximum Gasteiger partial charge on any atom is 0.273 e. The van der Waals surface area contributed by atoms with Gasteiger partial charge in [0.2, 0.25) is 5.69 Å². The number of H-pyrrole nitrogens is 1. The first-order valence-electron chi connectivity index (χ1n) is 9.53. The lowest BCUT2D eigenvalue weighted by molar-refractivity contribution is 0.277. The van der Waals surface area contributed by atoms with Crippen molar-refractivity contribution in [1.29, 1.82) is 0 Å². The average Bonchev–Trinajstić information content (AvgIpc) is 3.19. The molecule has 0 amide bonds. The number of nitrogens with one attached hydrogen (secondary N) is 1. The van der Waals surface area contributed by atoms with Gasteiger partial charge >= 0.3 is 0 Å². The number of hydrogen-bond donors (Lipinski definition) is 2. The molecule has 31 heavy (non-hydrogen) atoms. The van der Waals surface area contributed by atoms with Crippen LogP contribution in [0.25, 0.3) is 49.0 Å². The Labute approximate surface area is 176 Å². The van der Waals surface area contributed by atoms with Gasteiger partial charge in [0.25, 0.3) is 5.56 Å². The van der Waals surface area contributed by atoms with Crippen LogP contribution in [0.3, 0.4) is 0 Å². The third kappa shape index (κ3) is 2.87. The summed E-state index contributed by atoms with van der Waals surface area (Å²) in [6.45, 7) is 7.45. The Balaban J connectivity index is 1.79. The maximum absolute atomic E-state index is 12.1. The summed E-state index contributed by atoms with van der Waals surface area (Å²) in [5.41, 5.74) is 3.57. The van der Waals surface area contributed by atoms with Gasteiger partial charge in [-0.1, -0.05) is 36.4 Å². The van der Waals surface area contributed by atoms with Gasteiger partial charge in [-0.2, -0.15) is 10.2 Å². The topological polar surface area (TPSA) is 101 Å². The summed E-state index contributed by atoms with van der Waals surface area (Å²) in [5, 5.41) is 22.5. The molecule has 5 aromatic rings. The van der Waals surface area contributed by atoms with E-state index in [-0.39, 0.29) is 17.9 Å². The highest BCUT2D eigenvalue weighted by atomic mass is 16.3. The second-order valence-corrected chi connectivity index (χ2v) is 7.08. The van der Waals surface area contributed by atoms with Crippen molar-refractivity contribution in [3.8, 4) is 22.5 Å². The first kappa shape index (κ1) is 18.7. The van der Waals surface area contributed by atoms with Gasteiger partial charge in [0.1, 0.15) is 11.2 Å². The van der Waals surface area contributed by atoms with Crippen LogP contribution in [0, 0.1) is 6.57 Å². The lowest BCUT2D eigenvalue weighted by atomic mass is 9.98. The monoisotopic (exact) mass is 408 g/mol. The standard InChI is InChI=1S/C23H16N6O2/c1-24-20-14-6-4-3-5-13(14)7-8-15(20)22-17(11-25-29(22)2)18-10-9-16-21(26-18)19(12-30)27-28-23(16)31/h3-11,30H,12H2,2H3,(H,28,31). The van der Waals surface area contributed by atoms with Crippen molar-refractivity contribution in [2.45, 2.75) is 6.61 Å². The van der Waals surface area contributed by atoms with Gasteiger partial charge in [-0.05, 0) is 22.9 Å². The number of hydrogen-bond acceptors (Lipinski definition) is 5. The number of aliphatic hydroxyl groups is 1. The Morgan fingerprint density at radius 2 is 1.94 bits per heavy atom. The van der Waals surface area contributed by atoms with Gasteiger partial charge in [0.05, 0.1) is 36.1 Å². The van der Waals surface area contributed by atoms with Crippen molar-refractivity contribution in [2.75, 3.05) is 0 Å². The van der Waals surface area contributed by atoms with Crippen LogP contribution in [0.5, 0.6) is 0 Å². The Morgan fingerprint density at radius 3 is 2.74 bits per heavy atom. The molecule has 150 valence electrons. The van der Waals surface area contributed by atoms with Crippen molar-refractivity contribution in [1.82, 2.24) is 25.0 Å². The average molecular weight is 408 g/mol. The molecule has 0 aliphatic heterocycles. The van der Waals surface area contributed by atoms with E-state index in [1.165, 1.54) is 0 Å². The number of aliphatic hydroxyl groups excluding tert-OH is 1. The number of rotatable bonds is 3. The molecule has 2 aromatic carbocycles. The molecular formula is C23H16N6O2. The molecular weight excluding hydrogens is 392 g/mol. The first-order chi connectivity index (χ1) is 15.1. The summed E-state index contributed by atoms with van der Waals surface area (Å²) in [7, 11) is 1.81. The second-order valence-electron chi connectivity index (χ2n) is 7.08. The van der Waals surface area contributed by atoms with Gasteiger partial charge in [-0.3, -0.25) is 9.48 Å². The molecule has 0 fully saturated rings. The highest BCUT2D eigenvalue weighted by molar-refractivity contribution is 6.03. The fraction of sp³-hybridized carbons (Fsp3) is 0.0870. The van der Waals surface area contributed by atoms with Crippen molar-refractivity contribution in [2.24, 2.45) is 7.05 Å². The van der Waals surface area contributed by atoms with Crippen LogP contribution >= 0.6 is 0 Å². The third-order valence-electron chi connectivity index (χ3n) is 5.34. The molecule has 8 heteroatoms. The van der Waals surface area contributed by atoms with Crippen LogP contribution < -0.4 is 5.56 Å². The predicted molar refractivity (Wildman–Crippen MR) is 117 cm³/mol. The molecule has 0 unspecified atom stereocenters. The summed E-state index contributed by atoms with van der Waals surface area (Å²) < 4.78 is 1.71. The molecule has 0 atom stereocenters. The smallest absolute Gasteiger partial charge is 0.273 e. The fourth-order valence-corrected chi connectivity index (χ4v) is 3.87. The highest BCUT2D eigenvalue weighted by Gasteiger charge is 2.19. The number of nitrogens with zero attached hydrogens (tertiary/aromatic N) is 5. The number of fused-ring (bicyclic) bond motifs is 2. The second kappa shape index (κ2) is 7.16. The van der Waals surface area contributed by atoms with E-state index in [1.807, 2.05) is 43.4 Å². The minimum absolute atomic E-state index is 0.287. The van der Waals surface area contributed by atoms with Gasteiger partial charge in [0, 0.05) is 18.2 Å². The summed E-state index contributed by atoms with van der Waals surface area (Å²) in [5.74, 6) is 0. The fourth-order valence-electron chi connectivity index (χ4n) is 3.87. The van der Waals surface area contributed by atoms with E-state index in [0.717, 1.165) is 22.0 Å². The van der Waals surface area contributed by atoms with E-state index in [4.69, 9.17) is 6.57 Å². The van der Waals surface area contributed by atoms with Gasteiger partial charge in [-0.15, -0.1) is 0 Å². The molecule has 0 aliphatic carbocycles. The Kier molecular flexibility index (Phi) is 4.31. The molecule has 0 spiro atoms. The summed E-state index contributed by atoms with van der Waals surface area (Å²) >= 11 is 0. The summed E-state index contributed by atoms with van der Waals surface area (Å²) in [6.07, 6.45) is 1.69. The van der Waals surface area contributed by atoms with Crippen LogP contribution in [0.2, 0.25) is 0 Å². The van der Waals surface area contributed by atoms with Crippen LogP contribution in [0.4, 0.5) is 5.69 Å².